The van der Waals surface area contributed by atoms with E-state index in [2.05, 4.69) is 0 Å². The van der Waals surface area contributed by atoms with Crippen molar-refractivity contribution in [3.05, 3.63) is 88.7 Å². The fourth-order valence-electron chi connectivity index (χ4n) is 4.67. The molecular weight excluding hydrogens is 413 g/mol. The summed E-state index contributed by atoms with van der Waals surface area (Å²) < 4.78 is 49.4. The summed E-state index contributed by atoms with van der Waals surface area (Å²) in [6, 6.07) is 15.2. The van der Waals surface area contributed by atoms with Crippen LogP contribution < -0.4 is 4.74 Å². The van der Waals surface area contributed by atoms with Gasteiger partial charge >= 0.3 is 0 Å². The van der Waals surface area contributed by atoms with E-state index in [1.165, 1.54) is 6.07 Å². The monoisotopic (exact) mass is 440 g/mol. The summed E-state index contributed by atoms with van der Waals surface area (Å²) in [5, 5.41) is 9.16. The summed E-state index contributed by atoms with van der Waals surface area (Å²) in [5.41, 5.74) is 2.85. The smallest absolute Gasteiger partial charge is 0.166 e. The van der Waals surface area contributed by atoms with Gasteiger partial charge in [-0.3, -0.25) is 0 Å². The molecule has 3 aromatic carbocycles. The van der Waals surface area contributed by atoms with Crippen LogP contribution in [-0.4, -0.2) is 11.7 Å². The molecular formula is C27H27F3O2. The highest BCUT2D eigenvalue weighted by atomic mass is 19.2. The molecule has 1 fully saturated rings. The molecule has 0 atom stereocenters. The van der Waals surface area contributed by atoms with E-state index < -0.39 is 11.6 Å². The highest BCUT2D eigenvalue weighted by molar-refractivity contribution is 5.65. The third-order valence-electron chi connectivity index (χ3n) is 6.45. The van der Waals surface area contributed by atoms with Crippen molar-refractivity contribution in [2.24, 2.45) is 0 Å². The second-order valence-corrected chi connectivity index (χ2v) is 8.36. The predicted molar refractivity (Wildman–Crippen MR) is 119 cm³/mol. The summed E-state index contributed by atoms with van der Waals surface area (Å²) >= 11 is 0. The number of rotatable bonds is 6. The lowest BCUT2D eigenvalue weighted by molar-refractivity contribution is 0.282. The Morgan fingerprint density at radius 1 is 0.844 bits per heavy atom. The molecule has 0 bridgehead atoms. The number of halogens is 3. The first-order valence-electron chi connectivity index (χ1n) is 11.1. The van der Waals surface area contributed by atoms with Gasteiger partial charge in [0.15, 0.2) is 23.2 Å². The van der Waals surface area contributed by atoms with Gasteiger partial charge in [-0.2, -0.15) is 0 Å². The molecule has 0 spiro atoms. The molecule has 0 aliphatic heterocycles. The maximum absolute atomic E-state index is 15.0. The topological polar surface area (TPSA) is 29.5 Å². The van der Waals surface area contributed by atoms with Gasteiger partial charge in [-0.05, 0) is 78.8 Å². The Kier molecular flexibility index (Phi) is 6.85. The molecule has 32 heavy (non-hydrogen) atoms. The van der Waals surface area contributed by atoms with Crippen molar-refractivity contribution in [3.63, 3.8) is 0 Å². The van der Waals surface area contributed by atoms with Crippen LogP contribution in [0.1, 0.15) is 61.1 Å². The third kappa shape index (κ3) is 4.53. The molecule has 5 heteroatoms. The van der Waals surface area contributed by atoms with Crippen molar-refractivity contribution >= 4 is 0 Å². The van der Waals surface area contributed by atoms with Crippen molar-refractivity contribution in [3.8, 4) is 16.9 Å². The lowest BCUT2D eigenvalue weighted by atomic mass is 9.76. The number of ether oxygens (including phenoxy) is 1. The second kappa shape index (κ2) is 9.78. The van der Waals surface area contributed by atoms with Crippen LogP contribution in [0.25, 0.3) is 11.1 Å². The molecule has 0 unspecified atom stereocenters. The Labute approximate surface area is 186 Å². The first-order valence-corrected chi connectivity index (χ1v) is 11.1. The van der Waals surface area contributed by atoms with Crippen LogP contribution in [0.2, 0.25) is 0 Å². The van der Waals surface area contributed by atoms with Crippen molar-refractivity contribution in [2.45, 2.75) is 51.0 Å². The molecule has 3 aromatic rings. The van der Waals surface area contributed by atoms with Gasteiger partial charge in [-0.15, -0.1) is 0 Å². The number of aliphatic hydroxyl groups is 1. The SMILES string of the molecule is CCOc1ccc(C2CCC(c3ccc(-c4ccc(CO)cc4)c(F)c3F)CC2)cc1F. The van der Waals surface area contributed by atoms with Gasteiger partial charge in [0.1, 0.15) is 0 Å². The van der Waals surface area contributed by atoms with Crippen LogP contribution in [-0.2, 0) is 6.61 Å². The Bertz CT molecular complexity index is 1070. The van der Waals surface area contributed by atoms with E-state index in [1.807, 2.05) is 13.0 Å². The van der Waals surface area contributed by atoms with E-state index >= 15 is 0 Å². The van der Waals surface area contributed by atoms with Crippen molar-refractivity contribution in [1.82, 2.24) is 0 Å². The Morgan fingerprint density at radius 2 is 1.53 bits per heavy atom. The molecule has 0 radical (unpaired) electrons. The fourth-order valence-corrected chi connectivity index (χ4v) is 4.67. The minimum Gasteiger partial charge on any atom is -0.491 e. The molecule has 168 valence electrons. The quantitative estimate of drug-likeness (QED) is 0.443. The normalized spacial score (nSPS) is 18.5. The molecule has 0 aromatic heterocycles. The van der Waals surface area contributed by atoms with E-state index in [0.717, 1.165) is 36.8 Å². The molecule has 0 heterocycles. The van der Waals surface area contributed by atoms with Gasteiger partial charge in [0.05, 0.1) is 13.2 Å². The summed E-state index contributed by atoms with van der Waals surface area (Å²) in [5.74, 6) is -1.58. The molecule has 2 nitrogen and oxygen atoms in total. The molecule has 0 amide bonds. The maximum Gasteiger partial charge on any atom is 0.166 e. The Morgan fingerprint density at radius 3 is 2.16 bits per heavy atom. The zero-order chi connectivity index (χ0) is 22.7. The lowest BCUT2D eigenvalue weighted by Crippen LogP contribution is -2.14. The largest absolute Gasteiger partial charge is 0.491 e. The zero-order valence-corrected chi connectivity index (χ0v) is 18.1. The molecule has 1 aliphatic carbocycles. The van der Waals surface area contributed by atoms with E-state index in [-0.39, 0.29) is 35.6 Å². The summed E-state index contributed by atoms with van der Waals surface area (Å²) in [4.78, 5) is 0. The summed E-state index contributed by atoms with van der Waals surface area (Å²) in [6.45, 7) is 2.13. The second-order valence-electron chi connectivity index (χ2n) is 8.36. The van der Waals surface area contributed by atoms with Gasteiger partial charge in [0, 0.05) is 5.56 Å². The van der Waals surface area contributed by atoms with E-state index in [9.17, 15) is 13.2 Å². The number of hydrogen-bond acceptors (Lipinski definition) is 2. The van der Waals surface area contributed by atoms with Crippen LogP contribution in [0.4, 0.5) is 13.2 Å². The first kappa shape index (κ1) is 22.4. The van der Waals surface area contributed by atoms with Gasteiger partial charge in [-0.1, -0.05) is 42.5 Å². The minimum absolute atomic E-state index is 0.0564. The maximum atomic E-state index is 15.0. The third-order valence-corrected chi connectivity index (χ3v) is 6.45. The number of aliphatic hydroxyl groups excluding tert-OH is 1. The standard InChI is InChI=1S/C27H27F3O2/c1-2-32-25-14-11-21(15-24(25)28)18-7-9-20(10-8-18)23-13-12-22(26(29)27(23)30)19-5-3-17(16-31)4-6-19/h3-6,11-15,18,20,31H,2,7-10,16H2,1H3. The molecule has 0 saturated heterocycles. The predicted octanol–water partition coefficient (Wildman–Crippen LogP) is 7.10. The lowest BCUT2D eigenvalue weighted by Gasteiger charge is -2.29. The van der Waals surface area contributed by atoms with Gasteiger partial charge in [-0.25, -0.2) is 13.2 Å². The van der Waals surface area contributed by atoms with E-state index in [4.69, 9.17) is 9.84 Å². The summed E-state index contributed by atoms with van der Waals surface area (Å²) in [6.07, 6.45) is 3.04. The van der Waals surface area contributed by atoms with Crippen LogP contribution >= 0.6 is 0 Å². The van der Waals surface area contributed by atoms with Gasteiger partial charge < -0.3 is 9.84 Å². The average molecular weight is 441 g/mol. The number of hydrogen-bond donors (Lipinski definition) is 1. The first-order chi connectivity index (χ1) is 15.5. The highest BCUT2D eigenvalue weighted by Crippen LogP contribution is 2.42. The van der Waals surface area contributed by atoms with Crippen LogP contribution in [0.5, 0.6) is 5.75 Å². The molecule has 1 saturated carbocycles. The highest BCUT2D eigenvalue weighted by Gasteiger charge is 2.27. The zero-order valence-electron chi connectivity index (χ0n) is 18.1. The molecule has 4 rings (SSSR count). The van der Waals surface area contributed by atoms with Crippen molar-refractivity contribution in [1.29, 1.82) is 0 Å². The van der Waals surface area contributed by atoms with Crippen LogP contribution in [0.3, 0.4) is 0 Å². The Balaban J connectivity index is 1.47. The van der Waals surface area contributed by atoms with Crippen LogP contribution in [0, 0.1) is 17.5 Å². The number of benzene rings is 3. The molecule has 1 aliphatic rings. The van der Waals surface area contributed by atoms with Gasteiger partial charge in [0.25, 0.3) is 0 Å². The average Bonchev–Trinajstić information content (AvgIpc) is 2.82. The summed E-state index contributed by atoms with van der Waals surface area (Å²) in [7, 11) is 0. The van der Waals surface area contributed by atoms with E-state index in [1.54, 1.807) is 42.5 Å². The fraction of sp³-hybridized carbons (Fsp3) is 0.333. The molecule has 1 N–H and O–H groups in total. The van der Waals surface area contributed by atoms with Crippen molar-refractivity contribution < 1.29 is 23.0 Å². The minimum atomic E-state index is -0.838. The Hall–Kier alpha value is -2.79. The van der Waals surface area contributed by atoms with Crippen molar-refractivity contribution in [2.75, 3.05) is 6.61 Å². The van der Waals surface area contributed by atoms with Crippen LogP contribution in [0.15, 0.2) is 54.6 Å². The van der Waals surface area contributed by atoms with E-state index in [0.29, 0.717) is 17.7 Å². The van der Waals surface area contributed by atoms with Gasteiger partial charge in [0.2, 0.25) is 0 Å².